The lowest BCUT2D eigenvalue weighted by Gasteiger charge is -2.22. The van der Waals surface area contributed by atoms with Crippen molar-refractivity contribution >= 4 is 23.8 Å². The van der Waals surface area contributed by atoms with Crippen LogP contribution in [-0.2, 0) is 12.8 Å². The van der Waals surface area contributed by atoms with Crippen LogP contribution in [0.15, 0.2) is 118 Å². The minimum absolute atomic E-state index is 0.0263. The van der Waals surface area contributed by atoms with Crippen molar-refractivity contribution in [2.45, 2.75) is 40.5 Å². The molecule has 0 aliphatic rings. The van der Waals surface area contributed by atoms with Gasteiger partial charge in [-0.3, -0.25) is 0 Å². The molecule has 0 saturated carbocycles. The number of anilines is 2. The van der Waals surface area contributed by atoms with Crippen molar-refractivity contribution in [3.05, 3.63) is 142 Å². The third-order valence-electron chi connectivity index (χ3n) is 8.09. The Bertz CT molecular complexity index is 1620. The highest BCUT2D eigenvalue weighted by Gasteiger charge is 2.11. The number of allylic oxidation sites excluding steroid dienone is 2. The average Bonchev–Trinajstić information content (AvgIpc) is 3.09. The SMILES string of the molecule is CCN(CC)c1ccc(C=N/C(C#N)=C(\C#N)N=Cc2ccc(N(CC)CC)cc2Cc2ccccc2)c(Cc2ccccc2)c1. The van der Waals surface area contributed by atoms with Gasteiger partial charge in [0, 0.05) is 50.0 Å². The van der Waals surface area contributed by atoms with E-state index in [1.807, 2.05) is 48.5 Å². The summed E-state index contributed by atoms with van der Waals surface area (Å²) < 4.78 is 0. The van der Waals surface area contributed by atoms with Gasteiger partial charge in [0.05, 0.1) is 0 Å². The Morgan fingerprint density at radius 3 is 1.26 bits per heavy atom. The fourth-order valence-electron chi connectivity index (χ4n) is 5.50. The number of benzene rings is 4. The van der Waals surface area contributed by atoms with E-state index in [0.29, 0.717) is 0 Å². The van der Waals surface area contributed by atoms with E-state index in [2.05, 4.69) is 108 Å². The first kappa shape index (κ1) is 33.4. The lowest BCUT2D eigenvalue weighted by molar-refractivity contribution is 0.865. The summed E-state index contributed by atoms with van der Waals surface area (Å²) in [6.45, 7) is 12.2. The number of nitrogens with zero attached hydrogens (tertiary/aromatic N) is 6. The maximum absolute atomic E-state index is 10.0. The summed E-state index contributed by atoms with van der Waals surface area (Å²) in [5.74, 6) is 0. The molecule has 232 valence electrons. The van der Waals surface area contributed by atoms with Crippen LogP contribution in [0, 0.1) is 22.7 Å². The Labute approximate surface area is 274 Å². The number of hydrogen-bond donors (Lipinski definition) is 0. The molecule has 0 amide bonds. The second-order valence-corrected chi connectivity index (χ2v) is 10.9. The Hall–Kier alpha value is -5.46. The molecule has 4 aromatic rings. The first-order chi connectivity index (χ1) is 22.5. The van der Waals surface area contributed by atoms with E-state index in [9.17, 15) is 10.5 Å². The molecule has 4 rings (SSSR count). The topological polar surface area (TPSA) is 78.8 Å². The molecule has 0 fully saturated rings. The monoisotopic (exact) mass is 606 g/mol. The summed E-state index contributed by atoms with van der Waals surface area (Å²) in [7, 11) is 0. The van der Waals surface area contributed by atoms with E-state index in [0.717, 1.165) is 72.6 Å². The molecule has 0 aromatic heterocycles. The highest BCUT2D eigenvalue weighted by atomic mass is 15.1. The molecule has 0 N–H and O–H groups in total. The maximum Gasteiger partial charge on any atom is 0.176 e. The second-order valence-electron chi connectivity index (χ2n) is 10.9. The molecule has 0 saturated heterocycles. The van der Waals surface area contributed by atoms with Crippen LogP contribution in [0.25, 0.3) is 0 Å². The average molecular weight is 607 g/mol. The highest BCUT2D eigenvalue weighted by molar-refractivity contribution is 5.86. The third-order valence-corrected chi connectivity index (χ3v) is 8.09. The summed E-state index contributed by atoms with van der Waals surface area (Å²) in [5.41, 5.74) is 8.58. The van der Waals surface area contributed by atoms with Crippen molar-refractivity contribution in [3.63, 3.8) is 0 Å². The van der Waals surface area contributed by atoms with Gasteiger partial charge in [-0.25, -0.2) is 9.98 Å². The molecule has 0 atom stereocenters. The van der Waals surface area contributed by atoms with Gasteiger partial charge < -0.3 is 9.80 Å². The predicted octanol–water partition coefficient (Wildman–Crippen LogP) is 8.36. The highest BCUT2D eigenvalue weighted by Crippen LogP contribution is 2.24. The van der Waals surface area contributed by atoms with Crippen LogP contribution in [0.3, 0.4) is 0 Å². The van der Waals surface area contributed by atoms with Crippen LogP contribution < -0.4 is 9.80 Å². The van der Waals surface area contributed by atoms with Gasteiger partial charge in [-0.15, -0.1) is 0 Å². The van der Waals surface area contributed by atoms with E-state index < -0.39 is 0 Å². The number of aliphatic imine (C=N–C) groups is 2. The minimum atomic E-state index is -0.0263. The van der Waals surface area contributed by atoms with Gasteiger partial charge in [-0.05, 0) is 98.2 Å². The van der Waals surface area contributed by atoms with Gasteiger partial charge in [0.2, 0.25) is 0 Å². The van der Waals surface area contributed by atoms with Crippen molar-refractivity contribution in [3.8, 4) is 12.1 Å². The van der Waals surface area contributed by atoms with Gasteiger partial charge >= 0.3 is 0 Å². The second kappa shape index (κ2) is 17.1. The van der Waals surface area contributed by atoms with Gasteiger partial charge in [0.15, 0.2) is 11.4 Å². The molecule has 0 aliphatic heterocycles. The fraction of sp³-hybridized carbons (Fsp3) is 0.250. The van der Waals surface area contributed by atoms with Crippen LogP contribution >= 0.6 is 0 Å². The number of hydrogen-bond acceptors (Lipinski definition) is 6. The zero-order valence-corrected chi connectivity index (χ0v) is 27.3. The molecule has 0 spiro atoms. The first-order valence-electron chi connectivity index (χ1n) is 16.0. The zero-order chi connectivity index (χ0) is 32.7. The minimum Gasteiger partial charge on any atom is -0.372 e. The van der Waals surface area contributed by atoms with Crippen molar-refractivity contribution in [1.82, 2.24) is 0 Å². The third kappa shape index (κ3) is 8.80. The predicted molar refractivity (Wildman–Crippen MR) is 192 cm³/mol. The molecule has 46 heavy (non-hydrogen) atoms. The molecule has 6 heteroatoms. The number of rotatable bonds is 14. The summed E-state index contributed by atoms with van der Waals surface area (Å²) in [6.07, 6.45) is 4.80. The van der Waals surface area contributed by atoms with E-state index >= 15 is 0 Å². The maximum atomic E-state index is 10.0. The fourth-order valence-corrected chi connectivity index (χ4v) is 5.50. The van der Waals surface area contributed by atoms with Crippen molar-refractivity contribution in [1.29, 1.82) is 10.5 Å². The summed E-state index contributed by atoms with van der Waals surface area (Å²) >= 11 is 0. The van der Waals surface area contributed by atoms with Gasteiger partial charge in [-0.2, -0.15) is 10.5 Å². The lowest BCUT2D eigenvalue weighted by Crippen LogP contribution is -2.22. The molecule has 0 aliphatic carbocycles. The summed E-state index contributed by atoms with van der Waals surface area (Å²) in [6, 6.07) is 37.4. The first-order valence-corrected chi connectivity index (χ1v) is 16.0. The van der Waals surface area contributed by atoms with Gasteiger partial charge in [-0.1, -0.05) is 72.8 Å². The Balaban J connectivity index is 1.69. The summed E-state index contributed by atoms with van der Waals surface area (Å²) in [4.78, 5) is 13.6. The van der Waals surface area contributed by atoms with Crippen LogP contribution in [-0.4, -0.2) is 38.6 Å². The smallest absolute Gasteiger partial charge is 0.176 e. The largest absolute Gasteiger partial charge is 0.372 e. The normalized spacial score (nSPS) is 11.7. The van der Waals surface area contributed by atoms with E-state index in [-0.39, 0.29) is 11.4 Å². The Morgan fingerprint density at radius 2 is 0.935 bits per heavy atom. The van der Waals surface area contributed by atoms with Gasteiger partial charge in [0.25, 0.3) is 0 Å². The van der Waals surface area contributed by atoms with Crippen LogP contribution in [0.2, 0.25) is 0 Å². The molecule has 6 nitrogen and oxygen atoms in total. The molecule has 4 aromatic carbocycles. The van der Waals surface area contributed by atoms with E-state index in [4.69, 9.17) is 0 Å². The lowest BCUT2D eigenvalue weighted by atomic mass is 9.99. The van der Waals surface area contributed by atoms with Crippen molar-refractivity contribution in [2.75, 3.05) is 36.0 Å². The van der Waals surface area contributed by atoms with Crippen LogP contribution in [0.1, 0.15) is 61.1 Å². The Kier molecular flexibility index (Phi) is 12.5. The molecule has 0 unspecified atom stereocenters. The standard InChI is InChI=1S/C40H42N6/c1-5-45(6-2)37-21-19-33(35(25-37)23-31-15-11-9-12-16-31)29-43-39(27-41)40(28-42)44-30-34-20-22-38(46(7-3)8-4)26-36(34)24-32-17-13-10-14-18-32/h9-22,25-26,29-30H,5-8,23-24H2,1-4H3/b40-39+,43-29?,44-30?. The van der Waals surface area contributed by atoms with Crippen LogP contribution in [0.5, 0.6) is 0 Å². The molecule has 0 heterocycles. The number of nitriles is 2. The Morgan fingerprint density at radius 1 is 0.565 bits per heavy atom. The van der Waals surface area contributed by atoms with Crippen molar-refractivity contribution < 1.29 is 0 Å². The van der Waals surface area contributed by atoms with Gasteiger partial charge in [0.1, 0.15) is 12.1 Å². The van der Waals surface area contributed by atoms with Crippen molar-refractivity contribution in [2.24, 2.45) is 9.98 Å². The molecule has 0 radical (unpaired) electrons. The van der Waals surface area contributed by atoms with E-state index in [1.54, 1.807) is 12.4 Å². The molecule has 0 bridgehead atoms. The quantitative estimate of drug-likeness (QED) is 0.107. The summed E-state index contributed by atoms with van der Waals surface area (Å²) in [5, 5.41) is 20.1. The van der Waals surface area contributed by atoms with Crippen LogP contribution in [0.4, 0.5) is 11.4 Å². The molecular weight excluding hydrogens is 564 g/mol. The molecular formula is C40H42N6. The zero-order valence-electron chi connectivity index (χ0n) is 27.3. The van der Waals surface area contributed by atoms with E-state index in [1.165, 1.54) is 11.1 Å².